The zero-order valence-corrected chi connectivity index (χ0v) is 9.47. The van der Waals surface area contributed by atoms with E-state index < -0.39 is 0 Å². The monoisotopic (exact) mass is 201 g/mol. The molecule has 0 unspecified atom stereocenters. The lowest BCUT2D eigenvalue weighted by atomic mass is 10.2. The van der Waals surface area contributed by atoms with Crippen molar-refractivity contribution in [1.29, 1.82) is 0 Å². The Morgan fingerprint density at radius 3 is 2.50 bits per heavy atom. The van der Waals surface area contributed by atoms with E-state index in [2.05, 4.69) is 12.2 Å². The molecule has 3 nitrogen and oxygen atoms in total. The third kappa shape index (κ3) is 11.4. The van der Waals surface area contributed by atoms with Crippen LogP contribution in [0.15, 0.2) is 0 Å². The van der Waals surface area contributed by atoms with Crippen LogP contribution in [0.25, 0.3) is 0 Å². The van der Waals surface area contributed by atoms with Gasteiger partial charge in [0.15, 0.2) is 0 Å². The standard InChI is InChI=1S/C11H23NO2/c1-3-4-5-6-9-14-10-7-8-12-11(2)13/h3-10H2,1-2H3,(H,12,13). The summed E-state index contributed by atoms with van der Waals surface area (Å²) in [6.07, 6.45) is 5.90. The molecule has 0 rings (SSSR count). The van der Waals surface area contributed by atoms with Crippen LogP contribution in [0.1, 0.15) is 46.0 Å². The molecule has 0 saturated carbocycles. The van der Waals surface area contributed by atoms with Gasteiger partial charge in [-0.2, -0.15) is 0 Å². The van der Waals surface area contributed by atoms with Crippen molar-refractivity contribution in [2.24, 2.45) is 0 Å². The Balaban J connectivity index is 2.88. The molecule has 0 aromatic rings. The molecule has 0 heterocycles. The Morgan fingerprint density at radius 2 is 1.86 bits per heavy atom. The van der Waals surface area contributed by atoms with Crippen LogP contribution in [0.5, 0.6) is 0 Å². The van der Waals surface area contributed by atoms with E-state index in [1.54, 1.807) is 0 Å². The van der Waals surface area contributed by atoms with Crippen molar-refractivity contribution < 1.29 is 9.53 Å². The molecule has 0 aromatic heterocycles. The van der Waals surface area contributed by atoms with Crippen molar-refractivity contribution in [1.82, 2.24) is 5.32 Å². The van der Waals surface area contributed by atoms with Crippen molar-refractivity contribution >= 4 is 5.91 Å². The number of rotatable bonds is 9. The molecular weight excluding hydrogens is 178 g/mol. The summed E-state index contributed by atoms with van der Waals surface area (Å²) in [7, 11) is 0. The molecule has 0 aliphatic carbocycles. The third-order valence-electron chi connectivity index (χ3n) is 1.98. The summed E-state index contributed by atoms with van der Waals surface area (Å²) in [5, 5.41) is 2.74. The van der Waals surface area contributed by atoms with Gasteiger partial charge in [-0.25, -0.2) is 0 Å². The molecule has 1 N–H and O–H groups in total. The molecule has 1 amide bonds. The van der Waals surface area contributed by atoms with Gasteiger partial charge in [0, 0.05) is 26.7 Å². The highest BCUT2D eigenvalue weighted by molar-refractivity contribution is 5.72. The number of amides is 1. The minimum Gasteiger partial charge on any atom is -0.381 e. The van der Waals surface area contributed by atoms with Crippen LogP contribution in [-0.2, 0) is 9.53 Å². The van der Waals surface area contributed by atoms with Gasteiger partial charge in [0.1, 0.15) is 0 Å². The Morgan fingerprint density at radius 1 is 1.14 bits per heavy atom. The maximum absolute atomic E-state index is 10.5. The quantitative estimate of drug-likeness (QED) is 0.580. The molecule has 0 atom stereocenters. The van der Waals surface area contributed by atoms with Gasteiger partial charge < -0.3 is 10.1 Å². The number of nitrogens with one attached hydrogen (secondary N) is 1. The van der Waals surface area contributed by atoms with Crippen LogP contribution in [-0.4, -0.2) is 25.7 Å². The number of hydrogen-bond donors (Lipinski definition) is 1. The Bertz CT molecular complexity index is 137. The van der Waals surface area contributed by atoms with Crippen molar-refractivity contribution in [3.8, 4) is 0 Å². The first-order valence-electron chi connectivity index (χ1n) is 5.59. The summed E-state index contributed by atoms with van der Waals surface area (Å²) in [6, 6.07) is 0. The number of ether oxygens (including phenoxy) is 1. The maximum atomic E-state index is 10.5. The molecule has 0 spiro atoms. The van der Waals surface area contributed by atoms with E-state index >= 15 is 0 Å². The molecule has 14 heavy (non-hydrogen) atoms. The van der Waals surface area contributed by atoms with Gasteiger partial charge in [0.2, 0.25) is 5.91 Å². The summed E-state index contributed by atoms with van der Waals surface area (Å²) < 4.78 is 5.41. The zero-order chi connectivity index (χ0) is 10.6. The van der Waals surface area contributed by atoms with E-state index in [9.17, 15) is 4.79 Å². The minimum atomic E-state index is 0.0351. The molecule has 3 heteroatoms. The van der Waals surface area contributed by atoms with Crippen LogP contribution in [0.2, 0.25) is 0 Å². The molecule has 0 radical (unpaired) electrons. The number of unbranched alkanes of at least 4 members (excludes halogenated alkanes) is 3. The second-order valence-electron chi connectivity index (χ2n) is 3.51. The minimum absolute atomic E-state index is 0.0351. The molecule has 0 aliphatic rings. The first kappa shape index (κ1) is 13.4. The predicted octanol–water partition coefficient (Wildman–Crippen LogP) is 2.11. The van der Waals surface area contributed by atoms with Gasteiger partial charge in [-0.05, 0) is 12.8 Å². The van der Waals surface area contributed by atoms with E-state index in [0.29, 0.717) is 0 Å². The van der Waals surface area contributed by atoms with Crippen LogP contribution in [0, 0.1) is 0 Å². The third-order valence-corrected chi connectivity index (χ3v) is 1.98. The molecule has 84 valence electrons. The van der Waals surface area contributed by atoms with Crippen molar-refractivity contribution in [2.45, 2.75) is 46.0 Å². The van der Waals surface area contributed by atoms with Crippen LogP contribution in [0.3, 0.4) is 0 Å². The number of carbonyl (C=O) groups is 1. The number of carbonyl (C=O) groups excluding carboxylic acids is 1. The lowest BCUT2D eigenvalue weighted by Crippen LogP contribution is -2.21. The van der Waals surface area contributed by atoms with Crippen molar-refractivity contribution in [3.05, 3.63) is 0 Å². The highest BCUT2D eigenvalue weighted by atomic mass is 16.5. The molecule has 0 fully saturated rings. The normalized spacial score (nSPS) is 10.1. The summed E-state index contributed by atoms with van der Waals surface area (Å²) in [6.45, 7) is 6.08. The van der Waals surface area contributed by atoms with Gasteiger partial charge in [0.25, 0.3) is 0 Å². The Labute approximate surface area is 87.2 Å². The van der Waals surface area contributed by atoms with Gasteiger partial charge in [0.05, 0.1) is 0 Å². The summed E-state index contributed by atoms with van der Waals surface area (Å²) >= 11 is 0. The van der Waals surface area contributed by atoms with Crippen LogP contribution in [0.4, 0.5) is 0 Å². The van der Waals surface area contributed by atoms with E-state index in [4.69, 9.17) is 4.74 Å². The highest BCUT2D eigenvalue weighted by Crippen LogP contribution is 1.98. The Hall–Kier alpha value is -0.570. The average molecular weight is 201 g/mol. The summed E-state index contributed by atoms with van der Waals surface area (Å²) in [4.78, 5) is 10.5. The van der Waals surface area contributed by atoms with Crippen LogP contribution >= 0.6 is 0 Å². The van der Waals surface area contributed by atoms with Gasteiger partial charge in [-0.3, -0.25) is 4.79 Å². The fourth-order valence-electron chi connectivity index (χ4n) is 1.17. The predicted molar refractivity (Wildman–Crippen MR) is 58.3 cm³/mol. The van der Waals surface area contributed by atoms with Gasteiger partial charge >= 0.3 is 0 Å². The summed E-state index contributed by atoms with van der Waals surface area (Å²) in [5.41, 5.74) is 0. The van der Waals surface area contributed by atoms with Gasteiger partial charge in [-0.15, -0.1) is 0 Å². The molecule has 0 bridgehead atoms. The van der Waals surface area contributed by atoms with Crippen LogP contribution < -0.4 is 5.32 Å². The zero-order valence-electron chi connectivity index (χ0n) is 9.47. The summed E-state index contributed by atoms with van der Waals surface area (Å²) in [5.74, 6) is 0.0351. The van der Waals surface area contributed by atoms with Crippen molar-refractivity contribution in [3.63, 3.8) is 0 Å². The average Bonchev–Trinajstić information content (AvgIpc) is 2.15. The SMILES string of the molecule is CCCCCCOCCCNC(C)=O. The second kappa shape index (κ2) is 10.5. The molecule has 0 aromatic carbocycles. The molecule has 0 saturated heterocycles. The topological polar surface area (TPSA) is 38.3 Å². The Kier molecular flexibility index (Phi) is 10.1. The first-order valence-corrected chi connectivity index (χ1v) is 5.59. The lowest BCUT2D eigenvalue weighted by Gasteiger charge is -2.04. The van der Waals surface area contributed by atoms with Crippen molar-refractivity contribution in [2.75, 3.05) is 19.8 Å². The molecular formula is C11H23NO2. The fourth-order valence-corrected chi connectivity index (χ4v) is 1.17. The smallest absolute Gasteiger partial charge is 0.216 e. The lowest BCUT2D eigenvalue weighted by molar-refractivity contribution is -0.119. The van der Waals surface area contributed by atoms with E-state index in [0.717, 1.165) is 32.6 Å². The highest BCUT2D eigenvalue weighted by Gasteiger charge is 1.92. The van der Waals surface area contributed by atoms with E-state index in [1.807, 2.05) is 0 Å². The largest absolute Gasteiger partial charge is 0.381 e. The van der Waals surface area contributed by atoms with Gasteiger partial charge in [-0.1, -0.05) is 26.2 Å². The second-order valence-corrected chi connectivity index (χ2v) is 3.51. The molecule has 0 aliphatic heterocycles. The van der Waals surface area contributed by atoms with E-state index in [-0.39, 0.29) is 5.91 Å². The fraction of sp³-hybridized carbons (Fsp3) is 0.909. The van der Waals surface area contributed by atoms with E-state index in [1.165, 1.54) is 26.2 Å². The maximum Gasteiger partial charge on any atom is 0.216 e. The first-order chi connectivity index (χ1) is 6.77. The number of hydrogen-bond acceptors (Lipinski definition) is 2.